The lowest BCUT2D eigenvalue weighted by Crippen LogP contribution is -2.29. The number of aromatic nitrogens is 1. The molecule has 3 rings (SSSR count). The van der Waals surface area contributed by atoms with Crippen LogP contribution >= 0.6 is 0 Å². The summed E-state index contributed by atoms with van der Waals surface area (Å²) in [6.45, 7) is 3.62. The topological polar surface area (TPSA) is 34.0 Å². The lowest BCUT2D eigenvalue weighted by Gasteiger charge is -2.13. The second-order valence-electron chi connectivity index (χ2n) is 5.20. The van der Waals surface area contributed by atoms with Crippen LogP contribution < -0.4 is 10.9 Å². The second-order valence-corrected chi connectivity index (χ2v) is 5.20. The van der Waals surface area contributed by atoms with Crippen molar-refractivity contribution < 1.29 is 0 Å². The van der Waals surface area contributed by atoms with Gasteiger partial charge in [0, 0.05) is 30.4 Å². The summed E-state index contributed by atoms with van der Waals surface area (Å²) in [6, 6.07) is 2.81. The minimum atomic E-state index is 0.223. The average molecular weight is 232 g/mol. The number of rotatable bonds is 4. The van der Waals surface area contributed by atoms with E-state index in [1.807, 2.05) is 4.57 Å². The molecule has 0 unspecified atom stereocenters. The summed E-state index contributed by atoms with van der Waals surface area (Å²) in [4.78, 5) is 12.3. The third-order valence-corrected chi connectivity index (χ3v) is 3.90. The lowest BCUT2D eigenvalue weighted by atomic mass is 10.1. The number of hydrogen-bond donors (Lipinski definition) is 1. The molecule has 0 aliphatic heterocycles. The van der Waals surface area contributed by atoms with Gasteiger partial charge in [0.2, 0.25) is 0 Å². The van der Waals surface area contributed by atoms with Gasteiger partial charge in [0.05, 0.1) is 0 Å². The van der Waals surface area contributed by atoms with Gasteiger partial charge in [0.25, 0.3) is 5.56 Å². The van der Waals surface area contributed by atoms with E-state index in [4.69, 9.17) is 0 Å². The second kappa shape index (κ2) is 4.30. The smallest absolute Gasteiger partial charge is 0.255 e. The molecule has 0 amide bonds. The van der Waals surface area contributed by atoms with Gasteiger partial charge in [-0.05, 0) is 50.7 Å². The van der Waals surface area contributed by atoms with Crippen LogP contribution in [0.25, 0.3) is 0 Å². The fourth-order valence-electron chi connectivity index (χ4n) is 2.79. The summed E-state index contributed by atoms with van der Waals surface area (Å²) in [6.07, 6.45) is 5.97. The Labute approximate surface area is 102 Å². The zero-order valence-corrected chi connectivity index (χ0v) is 10.5. The normalized spacial score (nSPS) is 18.4. The Morgan fingerprint density at radius 1 is 1.41 bits per heavy atom. The first-order valence-electron chi connectivity index (χ1n) is 6.77. The molecule has 0 spiro atoms. The predicted molar refractivity (Wildman–Crippen MR) is 68.3 cm³/mol. The van der Waals surface area contributed by atoms with E-state index in [2.05, 4.69) is 18.3 Å². The number of fused-ring (bicyclic) bond motifs is 1. The Balaban J connectivity index is 1.94. The molecule has 1 fully saturated rings. The monoisotopic (exact) mass is 232 g/mol. The Morgan fingerprint density at radius 3 is 2.94 bits per heavy atom. The molecule has 0 saturated heterocycles. The highest BCUT2D eigenvalue weighted by molar-refractivity contribution is 5.30. The van der Waals surface area contributed by atoms with Gasteiger partial charge >= 0.3 is 0 Å². The summed E-state index contributed by atoms with van der Waals surface area (Å²) in [5.74, 6) is 0. The van der Waals surface area contributed by atoms with Gasteiger partial charge in [-0.25, -0.2) is 0 Å². The Morgan fingerprint density at radius 2 is 2.24 bits per heavy atom. The van der Waals surface area contributed by atoms with Crippen molar-refractivity contribution in [3.8, 4) is 0 Å². The van der Waals surface area contributed by atoms with Crippen LogP contribution in [0.15, 0.2) is 10.9 Å². The van der Waals surface area contributed by atoms with Crippen molar-refractivity contribution in [2.45, 2.75) is 58.2 Å². The van der Waals surface area contributed by atoms with Gasteiger partial charge < -0.3 is 9.88 Å². The quantitative estimate of drug-likeness (QED) is 0.855. The number of nitrogens with one attached hydrogen (secondary N) is 1. The van der Waals surface area contributed by atoms with E-state index in [-0.39, 0.29) is 5.56 Å². The minimum absolute atomic E-state index is 0.223. The van der Waals surface area contributed by atoms with Crippen molar-refractivity contribution in [3.05, 3.63) is 33.2 Å². The molecule has 17 heavy (non-hydrogen) atoms. The van der Waals surface area contributed by atoms with Gasteiger partial charge in [0.15, 0.2) is 0 Å². The molecule has 1 N–H and O–H groups in total. The van der Waals surface area contributed by atoms with E-state index < -0.39 is 0 Å². The van der Waals surface area contributed by atoms with E-state index in [0.717, 1.165) is 31.5 Å². The van der Waals surface area contributed by atoms with Crippen molar-refractivity contribution in [1.82, 2.24) is 9.88 Å². The third-order valence-electron chi connectivity index (χ3n) is 3.90. The van der Waals surface area contributed by atoms with Gasteiger partial charge in [-0.1, -0.05) is 0 Å². The minimum Gasteiger partial charge on any atom is -0.312 e. The maximum Gasteiger partial charge on any atom is 0.255 e. The zero-order chi connectivity index (χ0) is 11.8. The van der Waals surface area contributed by atoms with Crippen molar-refractivity contribution in [2.24, 2.45) is 0 Å². The molecule has 0 bridgehead atoms. The Kier molecular flexibility index (Phi) is 2.79. The van der Waals surface area contributed by atoms with E-state index in [0.29, 0.717) is 6.04 Å². The third kappa shape index (κ3) is 2.04. The zero-order valence-electron chi connectivity index (χ0n) is 10.5. The molecular formula is C14H20N2O. The molecule has 0 aromatic carbocycles. The molecular weight excluding hydrogens is 212 g/mol. The summed E-state index contributed by atoms with van der Waals surface area (Å²) < 4.78 is 1.98. The first-order chi connectivity index (χ1) is 8.29. The van der Waals surface area contributed by atoms with Crippen LogP contribution in [0.4, 0.5) is 0 Å². The van der Waals surface area contributed by atoms with E-state index >= 15 is 0 Å². The van der Waals surface area contributed by atoms with E-state index in [1.165, 1.54) is 30.5 Å². The standard InChI is InChI=1S/C14H20N2O/c1-2-16-13-5-3-4-10(13)8-11(14(16)17)9-15-12-6-7-12/h8,12,15H,2-7,9H2,1H3. The van der Waals surface area contributed by atoms with Gasteiger partial charge in [-0.2, -0.15) is 0 Å². The van der Waals surface area contributed by atoms with Crippen LogP contribution in [-0.4, -0.2) is 10.6 Å². The molecule has 1 aromatic rings. The first-order valence-corrected chi connectivity index (χ1v) is 6.77. The highest BCUT2D eigenvalue weighted by Gasteiger charge is 2.22. The van der Waals surface area contributed by atoms with Crippen LogP contribution in [0.5, 0.6) is 0 Å². The fourth-order valence-corrected chi connectivity index (χ4v) is 2.79. The van der Waals surface area contributed by atoms with E-state index in [1.54, 1.807) is 0 Å². The van der Waals surface area contributed by atoms with Crippen LogP contribution in [0.2, 0.25) is 0 Å². The van der Waals surface area contributed by atoms with Crippen LogP contribution in [0.1, 0.15) is 43.0 Å². The number of pyridine rings is 1. The lowest BCUT2D eigenvalue weighted by molar-refractivity contribution is 0.641. The average Bonchev–Trinajstić information content (AvgIpc) is 3.05. The molecule has 3 nitrogen and oxygen atoms in total. The molecule has 2 aliphatic rings. The molecule has 1 aromatic heterocycles. The van der Waals surface area contributed by atoms with Gasteiger partial charge in [0.1, 0.15) is 0 Å². The highest BCUT2D eigenvalue weighted by atomic mass is 16.1. The molecule has 92 valence electrons. The maximum absolute atomic E-state index is 12.3. The molecule has 3 heteroatoms. The van der Waals surface area contributed by atoms with Crippen molar-refractivity contribution >= 4 is 0 Å². The molecule has 0 radical (unpaired) electrons. The van der Waals surface area contributed by atoms with Crippen LogP contribution in [-0.2, 0) is 25.9 Å². The number of hydrogen-bond acceptors (Lipinski definition) is 2. The van der Waals surface area contributed by atoms with Gasteiger partial charge in [-0.3, -0.25) is 4.79 Å². The highest BCUT2D eigenvalue weighted by Crippen LogP contribution is 2.22. The van der Waals surface area contributed by atoms with Crippen molar-refractivity contribution in [1.29, 1.82) is 0 Å². The molecule has 0 atom stereocenters. The number of nitrogens with zero attached hydrogens (tertiary/aromatic N) is 1. The van der Waals surface area contributed by atoms with E-state index in [9.17, 15) is 4.79 Å². The summed E-state index contributed by atoms with van der Waals surface area (Å²) in [5, 5.41) is 3.44. The van der Waals surface area contributed by atoms with Gasteiger partial charge in [-0.15, -0.1) is 0 Å². The van der Waals surface area contributed by atoms with Crippen LogP contribution in [0.3, 0.4) is 0 Å². The Bertz CT molecular complexity index is 486. The molecule has 1 heterocycles. The van der Waals surface area contributed by atoms with Crippen LogP contribution in [0, 0.1) is 0 Å². The summed E-state index contributed by atoms with van der Waals surface area (Å²) >= 11 is 0. The summed E-state index contributed by atoms with van der Waals surface area (Å²) in [5.41, 5.74) is 3.87. The SMILES string of the molecule is CCn1c2c(cc(CNC3CC3)c1=O)CCC2. The van der Waals surface area contributed by atoms with Crippen molar-refractivity contribution in [3.63, 3.8) is 0 Å². The maximum atomic E-state index is 12.3. The number of aryl methyl sites for hydroxylation is 1. The molecule has 1 saturated carbocycles. The predicted octanol–water partition coefficient (Wildman–Crippen LogP) is 1.61. The largest absolute Gasteiger partial charge is 0.312 e. The first kappa shape index (κ1) is 11.0. The van der Waals surface area contributed by atoms with Crippen molar-refractivity contribution in [2.75, 3.05) is 0 Å². The fraction of sp³-hybridized carbons (Fsp3) is 0.643. The summed E-state index contributed by atoms with van der Waals surface area (Å²) in [7, 11) is 0. The Hall–Kier alpha value is -1.09. The molecule has 2 aliphatic carbocycles.